The van der Waals surface area contributed by atoms with Crippen LogP contribution in [0.1, 0.15) is 11.1 Å². The molecule has 2 N–H and O–H groups in total. The van der Waals surface area contributed by atoms with E-state index in [9.17, 15) is 4.79 Å². The van der Waals surface area contributed by atoms with Crippen molar-refractivity contribution in [3.8, 4) is 0 Å². The number of amides is 1. The average molecular weight is 270 g/mol. The molecule has 0 aliphatic rings. The van der Waals surface area contributed by atoms with Gasteiger partial charge in [-0.2, -0.15) is 0 Å². The van der Waals surface area contributed by atoms with Crippen molar-refractivity contribution < 1.29 is 9.53 Å². The van der Waals surface area contributed by atoms with Gasteiger partial charge in [-0.25, -0.2) is 4.79 Å². The lowest BCUT2D eigenvalue weighted by atomic mass is 10.1. The molecule has 0 heterocycles. The first-order chi connectivity index (χ1) is 9.58. The zero-order valence-electron chi connectivity index (χ0n) is 11.9. The van der Waals surface area contributed by atoms with Crippen LogP contribution in [-0.2, 0) is 4.74 Å². The van der Waals surface area contributed by atoms with Gasteiger partial charge in [0.15, 0.2) is 0 Å². The standard InChI is InChI=1S/C16H18N2O2/c1-11-4-5-12(2)15(10-11)17-13-6-8-14(9-7-13)18-16(19)20-3/h4-10,17H,1-3H3,(H,18,19). The Hall–Kier alpha value is -2.49. The predicted octanol–water partition coefficient (Wildman–Crippen LogP) is 4.23. The van der Waals surface area contributed by atoms with Gasteiger partial charge in [0.05, 0.1) is 7.11 Å². The van der Waals surface area contributed by atoms with Gasteiger partial charge in [-0.15, -0.1) is 0 Å². The van der Waals surface area contributed by atoms with Crippen LogP contribution in [0, 0.1) is 13.8 Å². The van der Waals surface area contributed by atoms with Crippen molar-refractivity contribution in [1.82, 2.24) is 0 Å². The molecule has 0 aliphatic heterocycles. The second-order valence-electron chi connectivity index (χ2n) is 4.64. The molecule has 0 bridgehead atoms. The third-order valence-electron chi connectivity index (χ3n) is 2.99. The van der Waals surface area contributed by atoms with Crippen LogP contribution in [0.3, 0.4) is 0 Å². The highest BCUT2D eigenvalue weighted by atomic mass is 16.5. The normalized spacial score (nSPS) is 9.95. The average Bonchev–Trinajstić information content (AvgIpc) is 2.45. The van der Waals surface area contributed by atoms with E-state index in [1.807, 2.05) is 24.3 Å². The molecular weight excluding hydrogens is 252 g/mol. The molecule has 0 radical (unpaired) electrons. The summed E-state index contributed by atoms with van der Waals surface area (Å²) in [6, 6.07) is 13.7. The third-order valence-corrected chi connectivity index (χ3v) is 2.99. The number of ether oxygens (including phenoxy) is 1. The second-order valence-corrected chi connectivity index (χ2v) is 4.64. The first kappa shape index (κ1) is 13.9. The van der Waals surface area contributed by atoms with Crippen LogP contribution in [-0.4, -0.2) is 13.2 Å². The van der Waals surface area contributed by atoms with E-state index in [-0.39, 0.29) is 0 Å². The number of benzene rings is 2. The van der Waals surface area contributed by atoms with Crippen LogP contribution >= 0.6 is 0 Å². The quantitative estimate of drug-likeness (QED) is 0.877. The molecule has 4 nitrogen and oxygen atoms in total. The highest BCUT2D eigenvalue weighted by Crippen LogP contribution is 2.23. The van der Waals surface area contributed by atoms with Gasteiger partial charge in [0.1, 0.15) is 0 Å². The highest BCUT2D eigenvalue weighted by molar-refractivity contribution is 5.84. The van der Waals surface area contributed by atoms with Gasteiger partial charge in [-0.05, 0) is 55.3 Å². The molecular formula is C16H18N2O2. The van der Waals surface area contributed by atoms with Crippen LogP contribution in [0.5, 0.6) is 0 Å². The van der Waals surface area contributed by atoms with E-state index in [0.29, 0.717) is 5.69 Å². The Labute approximate surface area is 118 Å². The van der Waals surface area contributed by atoms with Crippen molar-refractivity contribution in [2.75, 3.05) is 17.7 Å². The van der Waals surface area contributed by atoms with Gasteiger partial charge in [-0.1, -0.05) is 12.1 Å². The van der Waals surface area contributed by atoms with Crippen LogP contribution < -0.4 is 10.6 Å². The topological polar surface area (TPSA) is 50.4 Å². The minimum absolute atomic E-state index is 0.472. The zero-order chi connectivity index (χ0) is 14.5. The largest absolute Gasteiger partial charge is 0.453 e. The van der Waals surface area contributed by atoms with E-state index in [1.54, 1.807) is 0 Å². The van der Waals surface area contributed by atoms with Gasteiger partial charge in [0.2, 0.25) is 0 Å². The van der Waals surface area contributed by atoms with E-state index < -0.39 is 6.09 Å². The maximum absolute atomic E-state index is 11.1. The Morgan fingerprint density at radius 3 is 2.30 bits per heavy atom. The number of carbonyl (C=O) groups excluding carboxylic acids is 1. The monoisotopic (exact) mass is 270 g/mol. The fourth-order valence-electron chi connectivity index (χ4n) is 1.83. The van der Waals surface area contributed by atoms with Crippen molar-refractivity contribution in [1.29, 1.82) is 0 Å². The summed E-state index contributed by atoms with van der Waals surface area (Å²) < 4.78 is 4.54. The third kappa shape index (κ3) is 3.51. The summed E-state index contributed by atoms with van der Waals surface area (Å²) in [5.41, 5.74) is 5.14. The lowest BCUT2D eigenvalue weighted by molar-refractivity contribution is 0.187. The number of carbonyl (C=O) groups is 1. The first-order valence-electron chi connectivity index (χ1n) is 6.38. The summed E-state index contributed by atoms with van der Waals surface area (Å²) in [6.45, 7) is 4.13. The Kier molecular flexibility index (Phi) is 4.25. The second kappa shape index (κ2) is 6.10. The molecule has 0 unspecified atom stereocenters. The Bertz CT molecular complexity index is 606. The molecule has 104 valence electrons. The van der Waals surface area contributed by atoms with Gasteiger partial charge in [0, 0.05) is 17.1 Å². The van der Waals surface area contributed by atoms with Crippen molar-refractivity contribution in [3.63, 3.8) is 0 Å². The maximum atomic E-state index is 11.1. The molecule has 0 saturated heterocycles. The SMILES string of the molecule is COC(=O)Nc1ccc(Nc2cc(C)ccc2C)cc1. The number of rotatable bonds is 3. The van der Waals surface area contributed by atoms with Crippen LogP contribution in [0.4, 0.5) is 21.9 Å². The molecule has 0 saturated carbocycles. The number of aryl methyl sites for hydroxylation is 2. The Morgan fingerprint density at radius 2 is 1.65 bits per heavy atom. The maximum Gasteiger partial charge on any atom is 0.411 e. The summed E-state index contributed by atoms with van der Waals surface area (Å²) in [5, 5.41) is 5.98. The molecule has 0 aliphatic carbocycles. The van der Waals surface area contributed by atoms with Gasteiger partial charge in [-0.3, -0.25) is 5.32 Å². The lowest BCUT2D eigenvalue weighted by Gasteiger charge is -2.11. The molecule has 2 aromatic rings. The minimum Gasteiger partial charge on any atom is -0.453 e. The number of anilines is 3. The van der Waals surface area contributed by atoms with Crippen LogP contribution in [0.25, 0.3) is 0 Å². The Balaban J connectivity index is 2.10. The van der Waals surface area contributed by atoms with Crippen LogP contribution in [0.15, 0.2) is 42.5 Å². The van der Waals surface area contributed by atoms with Crippen molar-refractivity contribution >= 4 is 23.2 Å². The van der Waals surface area contributed by atoms with Crippen molar-refractivity contribution in [3.05, 3.63) is 53.6 Å². The van der Waals surface area contributed by atoms with Crippen molar-refractivity contribution in [2.24, 2.45) is 0 Å². The molecule has 20 heavy (non-hydrogen) atoms. The lowest BCUT2D eigenvalue weighted by Crippen LogP contribution is -2.10. The van der Waals surface area contributed by atoms with E-state index in [0.717, 1.165) is 11.4 Å². The molecule has 4 heteroatoms. The van der Waals surface area contributed by atoms with E-state index in [1.165, 1.54) is 18.2 Å². The molecule has 0 fully saturated rings. The minimum atomic E-state index is -0.472. The first-order valence-corrected chi connectivity index (χ1v) is 6.38. The molecule has 2 aromatic carbocycles. The number of methoxy groups -OCH3 is 1. The summed E-state index contributed by atoms with van der Waals surface area (Å²) in [5.74, 6) is 0. The van der Waals surface area contributed by atoms with E-state index in [4.69, 9.17) is 0 Å². The smallest absolute Gasteiger partial charge is 0.411 e. The molecule has 0 atom stereocenters. The number of hydrogen-bond acceptors (Lipinski definition) is 3. The van der Waals surface area contributed by atoms with Crippen molar-refractivity contribution in [2.45, 2.75) is 13.8 Å². The molecule has 2 rings (SSSR count). The predicted molar refractivity (Wildman–Crippen MR) is 81.7 cm³/mol. The summed E-state index contributed by atoms with van der Waals surface area (Å²) >= 11 is 0. The van der Waals surface area contributed by atoms with Gasteiger partial charge in [0.25, 0.3) is 0 Å². The summed E-state index contributed by atoms with van der Waals surface area (Å²) in [6.07, 6.45) is -0.472. The van der Waals surface area contributed by atoms with Gasteiger partial charge >= 0.3 is 6.09 Å². The fourth-order valence-corrected chi connectivity index (χ4v) is 1.83. The fraction of sp³-hybridized carbons (Fsp3) is 0.188. The number of nitrogens with one attached hydrogen (secondary N) is 2. The highest BCUT2D eigenvalue weighted by Gasteiger charge is 2.02. The zero-order valence-corrected chi connectivity index (χ0v) is 11.9. The summed E-state index contributed by atoms with van der Waals surface area (Å²) in [4.78, 5) is 11.1. The molecule has 1 amide bonds. The number of hydrogen-bond donors (Lipinski definition) is 2. The summed E-state index contributed by atoms with van der Waals surface area (Å²) in [7, 11) is 1.34. The van der Waals surface area contributed by atoms with Crippen LogP contribution in [0.2, 0.25) is 0 Å². The van der Waals surface area contributed by atoms with E-state index in [2.05, 4.69) is 47.4 Å². The van der Waals surface area contributed by atoms with E-state index >= 15 is 0 Å². The van der Waals surface area contributed by atoms with Gasteiger partial charge < -0.3 is 10.1 Å². The molecule has 0 spiro atoms. The molecule has 0 aromatic heterocycles. The Morgan fingerprint density at radius 1 is 1.00 bits per heavy atom.